The van der Waals surface area contributed by atoms with E-state index in [1.165, 1.54) is 0 Å². The minimum absolute atomic E-state index is 0.0772. The van der Waals surface area contributed by atoms with Crippen molar-refractivity contribution in [1.82, 2.24) is 4.90 Å². The zero-order chi connectivity index (χ0) is 13.0. The molecule has 1 atom stereocenters. The number of morpholine rings is 1. The molecular formula is C13H16BrNO3. The SMILES string of the molecule is O=C(Cc1cccc(O)c1)N1CCOCC1CBr. The third kappa shape index (κ3) is 3.23. The number of amides is 1. The van der Waals surface area contributed by atoms with Gasteiger partial charge in [0, 0.05) is 11.9 Å². The van der Waals surface area contributed by atoms with Crippen molar-refractivity contribution >= 4 is 21.8 Å². The second-order valence-electron chi connectivity index (χ2n) is 4.32. The number of halogens is 1. The van der Waals surface area contributed by atoms with Gasteiger partial charge >= 0.3 is 0 Å². The van der Waals surface area contributed by atoms with Crippen LogP contribution in [0.4, 0.5) is 0 Å². The first-order valence-electron chi connectivity index (χ1n) is 5.92. The molecule has 0 saturated carbocycles. The van der Waals surface area contributed by atoms with Crippen molar-refractivity contribution in [3.05, 3.63) is 29.8 Å². The molecule has 1 unspecified atom stereocenters. The molecule has 1 N–H and O–H groups in total. The van der Waals surface area contributed by atoms with Crippen LogP contribution in [-0.4, -0.2) is 47.0 Å². The number of phenols is 1. The predicted octanol–water partition coefficient (Wildman–Crippen LogP) is 1.56. The van der Waals surface area contributed by atoms with Crippen LogP contribution in [0, 0.1) is 0 Å². The van der Waals surface area contributed by atoms with Gasteiger partial charge in [0.1, 0.15) is 5.75 Å². The van der Waals surface area contributed by atoms with Gasteiger partial charge in [0.05, 0.1) is 25.7 Å². The Morgan fingerprint density at radius 1 is 1.56 bits per heavy atom. The minimum Gasteiger partial charge on any atom is -0.508 e. The largest absolute Gasteiger partial charge is 0.508 e. The van der Waals surface area contributed by atoms with Gasteiger partial charge in [-0.05, 0) is 17.7 Å². The average Bonchev–Trinajstić information content (AvgIpc) is 2.38. The number of benzene rings is 1. The summed E-state index contributed by atoms with van der Waals surface area (Å²) in [4.78, 5) is 14.1. The van der Waals surface area contributed by atoms with E-state index in [9.17, 15) is 9.90 Å². The number of hydrogen-bond acceptors (Lipinski definition) is 3. The van der Waals surface area contributed by atoms with E-state index < -0.39 is 0 Å². The zero-order valence-corrected chi connectivity index (χ0v) is 11.6. The van der Waals surface area contributed by atoms with Crippen LogP contribution in [0.15, 0.2) is 24.3 Å². The van der Waals surface area contributed by atoms with E-state index in [2.05, 4.69) is 15.9 Å². The summed E-state index contributed by atoms with van der Waals surface area (Å²) >= 11 is 3.40. The molecule has 0 aromatic heterocycles. The highest BCUT2D eigenvalue weighted by Crippen LogP contribution is 2.15. The Labute approximate surface area is 115 Å². The average molecular weight is 314 g/mol. The van der Waals surface area contributed by atoms with Crippen molar-refractivity contribution in [2.24, 2.45) is 0 Å². The highest BCUT2D eigenvalue weighted by molar-refractivity contribution is 9.09. The zero-order valence-electron chi connectivity index (χ0n) is 10.0. The summed E-state index contributed by atoms with van der Waals surface area (Å²) in [5.74, 6) is 0.271. The molecule has 1 saturated heterocycles. The van der Waals surface area contributed by atoms with Gasteiger partial charge in [-0.2, -0.15) is 0 Å². The molecule has 1 fully saturated rings. The van der Waals surface area contributed by atoms with E-state index in [4.69, 9.17) is 4.74 Å². The fourth-order valence-electron chi connectivity index (χ4n) is 2.05. The molecule has 1 amide bonds. The molecule has 1 aromatic rings. The predicted molar refractivity (Wildman–Crippen MR) is 71.9 cm³/mol. The Bertz CT molecular complexity index is 424. The Morgan fingerprint density at radius 3 is 3.11 bits per heavy atom. The second kappa shape index (κ2) is 6.20. The molecule has 18 heavy (non-hydrogen) atoms. The van der Waals surface area contributed by atoms with Gasteiger partial charge in [0.25, 0.3) is 0 Å². The van der Waals surface area contributed by atoms with Crippen LogP contribution in [0.5, 0.6) is 5.75 Å². The summed E-state index contributed by atoms with van der Waals surface area (Å²) in [6.07, 6.45) is 0.317. The second-order valence-corrected chi connectivity index (χ2v) is 4.96. The molecule has 0 bridgehead atoms. The number of hydrogen-bond donors (Lipinski definition) is 1. The highest BCUT2D eigenvalue weighted by atomic mass is 79.9. The molecule has 0 aliphatic carbocycles. The van der Waals surface area contributed by atoms with E-state index >= 15 is 0 Å². The maximum absolute atomic E-state index is 12.2. The fourth-order valence-corrected chi connectivity index (χ4v) is 2.59. The summed E-state index contributed by atoms with van der Waals surface area (Å²) < 4.78 is 5.36. The summed E-state index contributed by atoms with van der Waals surface area (Å²) in [5.41, 5.74) is 0.833. The van der Waals surface area contributed by atoms with Crippen LogP contribution in [0.25, 0.3) is 0 Å². The smallest absolute Gasteiger partial charge is 0.227 e. The summed E-state index contributed by atoms with van der Waals surface area (Å²) in [6, 6.07) is 6.93. The quantitative estimate of drug-likeness (QED) is 0.862. The Hall–Kier alpha value is -1.07. The molecule has 1 aliphatic rings. The third-order valence-corrected chi connectivity index (χ3v) is 3.74. The lowest BCUT2D eigenvalue weighted by Crippen LogP contribution is -2.50. The molecule has 0 radical (unpaired) electrons. The van der Waals surface area contributed by atoms with Gasteiger partial charge in [-0.15, -0.1) is 0 Å². The van der Waals surface area contributed by atoms with Crippen molar-refractivity contribution in [2.75, 3.05) is 25.1 Å². The number of rotatable bonds is 3. The molecule has 0 spiro atoms. The summed E-state index contributed by atoms with van der Waals surface area (Å²) in [6.45, 7) is 1.81. The van der Waals surface area contributed by atoms with E-state index in [1.54, 1.807) is 18.2 Å². The van der Waals surface area contributed by atoms with Gasteiger partial charge in [0.15, 0.2) is 0 Å². The molecule has 1 aromatic carbocycles. The van der Waals surface area contributed by atoms with Gasteiger partial charge in [-0.25, -0.2) is 0 Å². The molecule has 2 rings (SSSR count). The van der Waals surface area contributed by atoms with E-state index in [1.807, 2.05) is 11.0 Å². The van der Waals surface area contributed by atoms with Crippen molar-refractivity contribution in [3.8, 4) is 5.75 Å². The number of alkyl halides is 1. The molecule has 4 nitrogen and oxygen atoms in total. The van der Waals surface area contributed by atoms with Gasteiger partial charge in [-0.3, -0.25) is 4.79 Å². The van der Waals surface area contributed by atoms with E-state index in [0.29, 0.717) is 26.2 Å². The Balaban J connectivity index is 2.02. The number of carbonyl (C=O) groups is 1. The van der Waals surface area contributed by atoms with Crippen LogP contribution in [0.3, 0.4) is 0 Å². The van der Waals surface area contributed by atoms with Crippen LogP contribution in [0.2, 0.25) is 0 Å². The summed E-state index contributed by atoms with van der Waals surface area (Å²) in [7, 11) is 0. The van der Waals surface area contributed by atoms with E-state index in [0.717, 1.165) is 10.9 Å². The lowest BCUT2D eigenvalue weighted by Gasteiger charge is -2.34. The normalized spacial score (nSPS) is 19.8. The first kappa shape index (κ1) is 13.4. The number of aromatic hydroxyl groups is 1. The number of carbonyl (C=O) groups excluding carboxylic acids is 1. The first-order chi connectivity index (χ1) is 8.70. The van der Waals surface area contributed by atoms with Crippen LogP contribution in [-0.2, 0) is 16.0 Å². The molecule has 98 valence electrons. The number of nitrogens with zero attached hydrogens (tertiary/aromatic N) is 1. The van der Waals surface area contributed by atoms with Crippen LogP contribution >= 0.6 is 15.9 Å². The highest BCUT2D eigenvalue weighted by Gasteiger charge is 2.26. The standard InChI is InChI=1S/C13H16BrNO3/c14-8-11-9-18-5-4-15(11)13(17)7-10-2-1-3-12(16)6-10/h1-3,6,11,16H,4-5,7-9H2. The van der Waals surface area contributed by atoms with Gasteiger partial charge in [-0.1, -0.05) is 28.1 Å². The lowest BCUT2D eigenvalue weighted by molar-refractivity contribution is -0.138. The monoisotopic (exact) mass is 313 g/mol. The molecule has 1 aliphatic heterocycles. The maximum Gasteiger partial charge on any atom is 0.227 e. The molecular weight excluding hydrogens is 298 g/mol. The summed E-state index contributed by atoms with van der Waals surface area (Å²) in [5, 5.41) is 10.1. The minimum atomic E-state index is 0.0772. The van der Waals surface area contributed by atoms with Crippen LogP contribution in [0.1, 0.15) is 5.56 Å². The number of phenolic OH excluding ortho intramolecular Hbond substituents is 1. The Kier molecular flexibility index (Phi) is 4.60. The topological polar surface area (TPSA) is 49.8 Å². The molecule has 1 heterocycles. The van der Waals surface area contributed by atoms with Crippen molar-refractivity contribution in [3.63, 3.8) is 0 Å². The van der Waals surface area contributed by atoms with Crippen LogP contribution < -0.4 is 0 Å². The van der Waals surface area contributed by atoms with Crippen molar-refractivity contribution in [2.45, 2.75) is 12.5 Å². The first-order valence-corrected chi connectivity index (χ1v) is 7.04. The lowest BCUT2D eigenvalue weighted by atomic mass is 10.1. The van der Waals surface area contributed by atoms with E-state index in [-0.39, 0.29) is 17.7 Å². The van der Waals surface area contributed by atoms with Gasteiger partial charge < -0.3 is 14.7 Å². The van der Waals surface area contributed by atoms with Crippen molar-refractivity contribution in [1.29, 1.82) is 0 Å². The van der Waals surface area contributed by atoms with Crippen molar-refractivity contribution < 1.29 is 14.6 Å². The Morgan fingerprint density at radius 2 is 2.39 bits per heavy atom. The fraction of sp³-hybridized carbons (Fsp3) is 0.462. The number of ether oxygens (including phenoxy) is 1. The van der Waals surface area contributed by atoms with Gasteiger partial charge in [0.2, 0.25) is 5.91 Å². The maximum atomic E-state index is 12.2. The molecule has 5 heteroatoms. The third-order valence-electron chi connectivity index (χ3n) is 2.99.